The van der Waals surface area contributed by atoms with Crippen molar-refractivity contribution >= 4 is 50.3 Å². The maximum atomic E-state index is 12.9. The van der Waals surface area contributed by atoms with Crippen molar-refractivity contribution in [3.63, 3.8) is 0 Å². The number of hydrogen-bond acceptors (Lipinski definition) is 7. The van der Waals surface area contributed by atoms with Gasteiger partial charge in [-0.1, -0.05) is 18.2 Å². The number of rotatable bonds is 7. The van der Waals surface area contributed by atoms with Crippen LogP contribution in [-0.4, -0.2) is 46.1 Å². The highest BCUT2D eigenvalue weighted by molar-refractivity contribution is 7.92. The lowest BCUT2D eigenvalue weighted by molar-refractivity contribution is 0.0697. The molecule has 3 N–H and O–H groups in total. The number of hydrogen-bond donors (Lipinski definition) is 3. The van der Waals surface area contributed by atoms with Gasteiger partial charge in [-0.05, 0) is 47.5 Å². The van der Waals surface area contributed by atoms with Crippen LogP contribution in [-0.2, 0) is 16.6 Å². The summed E-state index contributed by atoms with van der Waals surface area (Å²) < 4.78 is 29.9. The lowest BCUT2D eigenvalue weighted by atomic mass is 10.2. The number of nitrogens with one attached hydrogen (secondary N) is 2. The van der Waals surface area contributed by atoms with Gasteiger partial charge in [0.05, 0.1) is 23.3 Å². The van der Waals surface area contributed by atoms with Gasteiger partial charge in [0.15, 0.2) is 17.0 Å². The van der Waals surface area contributed by atoms with Crippen LogP contribution in [0.4, 0.5) is 11.5 Å². The van der Waals surface area contributed by atoms with Crippen molar-refractivity contribution in [1.29, 1.82) is 0 Å². The van der Waals surface area contributed by atoms with Crippen molar-refractivity contribution in [2.75, 3.05) is 17.1 Å². The number of imidazole rings is 1. The van der Waals surface area contributed by atoms with E-state index in [4.69, 9.17) is 16.7 Å². The predicted molar refractivity (Wildman–Crippen MR) is 120 cm³/mol. The summed E-state index contributed by atoms with van der Waals surface area (Å²) >= 11 is 6.00. The monoisotopic (exact) mass is 472 g/mol. The Morgan fingerprint density at radius 3 is 2.69 bits per heavy atom. The Hall–Kier alpha value is -3.70. The Labute approximate surface area is 188 Å². The molecule has 0 aliphatic heterocycles. The van der Waals surface area contributed by atoms with Crippen LogP contribution in [0.3, 0.4) is 0 Å². The summed E-state index contributed by atoms with van der Waals surface area (Å²) in [7, 11) is -2.24. The fourth-order valence-corrected chi connectivity index (χ4v) is 4.43. The number of anilines is 2. The van der Waals surface area contributed by atoms with Crippen molar-refractivity contribution in [2.24, 2.45) is 0 Å². The fraction of sp³-hybridized carbons (Fsp3) is 0.100. The van der Waals surface area contributed by atoms with E-state index >= 15 is 0 Å². The number of carboxylic acids is 1. The number of sulfonamides is 1. The predicted octanol–water partition coefficient (Wildman–Crippen LogP) is 3.07. The molecule has 0 saturated carbocycles. The van der Waals surface area contributed by atoms with Crippen LogP contribution in [0.25, 0.3) is 11.2 Å². The standard InChI is InChI=1S/C20H17ClN6O4S/c1-22-17-16-18(25-20(21)24-17)27(11-23-16)10-12-4-2-7-15(8-12)32(30,31)26-14-6-3-5-13(9-14)19(28)29/h2-9,11,26H,10H2,1H3,(H,28,29)(H,22,24,25). The van der Waals surface area contributed by atoms with Crippen LogP contribution in [0, 0.1) is 0 Å². The molecule has 0 saturated heterocycles. The Bertz CT molecular complexity index is 1440. The number of carboxylic acid groups (broad SMARTS) is 1. The Kier molecular flexibility index (Phi) is 5.68. The lowest BCUT2D eigenvalue weighted by Crippen LogP contribution is -2.14. The van der Waals surface area contributed by atoms with Gasteiger partial charge in [0, 0.05) is 12.7 Å². The summed E-state index contributed by atoms with van der Waals surface area (Å²) in [5, 5.41) is 12.1. The second kappa shape index (κ2) is 8.44. The van der Waals surface area contributed by atoms with Crippen molar-refractivity contribution < 1.29 is 18.3 Å². The van der Waals surface area contributed by atoms with E-state index in [2.05, 4.69) is 25.0 Å². The first kappa shape index (κ1) is 21.5. The minimum absolute atomic E-state index is 0.0208. The second-order valence-electron chi connectivity index (χ2n) is 6.77. The van der Waals surface area contributed by atoms with E-state index in [1.54, 1.807) is 30.1 Å². The lowest BCUT2D eigenvalue weighted by Gasteiger charge is -2.11. The molecule has 0 unspecified atom stereocenters. The molecule has 0 spiro atoms. The number of aromatic nitrogens is 4. The molecule has 0 radical (unpaired) electrons. The van der Waals surface area contributed by atoms with Gasteiger partial charge in [-0.2, -0.15) is 9.97 Å². The normalized spacial score (nSPS) is 11.4. The fourth-order valence-electron chi connectivity index (χ4n) is 3.15. The van der Waals surface area contributed by atoms with Gasteiger partial charge in [-0.15, -0.1) is 0 Å². The van der Waals surface area contributed by atoms with E-state index in [9.17, 15) is 13.2 Å². The molecule has 12 heteroatoms. The zero-order chi connectivity index (χ0) is 22.9. The molecular formula is C20H17ClN6O4S. The number of fused-ring (bicyclic) bond motifs is 1. The largest absolute Gasteiger partial charge is 0.478 e. The summed E-state index contributed by atoms with van der Waals surface area (Å²) in [6, 6.07) is 12.0. The first-order valence-corrected chi connectivity index (χ1v) is 11.1. The van der Waals surface area contributed by atoms with Crippen LogP contribution in [0.15, 0.2) is 59.8 Å². The summed E-state index contributed by atoms with van der Waals surface area (Å²) in [6.07, 6.45) is 1.58. The van der Waals surface area contributed by atoms with Crippen LogP contribution >= 0.6 is 11.6 Å². The van der Waals surface area contributed by atoms with E-state index in [1.807, 2.05) is 0 Å². The summed E-state index contributed by atoms with van der Waals surface area (Å²) in [5.74, 6) is -0.659. The molecule has 0 aliphatic rings. The molecule has 4 aromatic rings. The topological polar surface area (TPSA) is 139 Å². The quantitative estimate of drug-likeness (QED) is 0.349. The third-order valence-corrected chi connectivity index (χ3v) is 6.14. The van der Waals surface area contributed by atoms with Crippen LogP contribution in [0.1, 0.15) is 15.9 Å². The smallest absolute Gasteiger partial charge is 0.335 e. The van der Waals surface area contributed by atoms with E-state index in [1.165, 1.54) is 36.4 Å². The van der Waals surface area contributed by atoms with Crippen LogP contribution in [0.2, 0.25) is 5.28 Å². The maximum Gasteiger partial charge on any atom is 0.335 e. The van der Waals surface area contributed by atoms with Gasteiger partial charge in [0.2, 0.25) is 5.28 Å². The molecule has 2 aromatic heterocycles. The molecule has 32 heavy (non-hydrogen) atoms. The van der Waals surface area contributed by atoms with Gasteiger partial charge in [0.1, 0.15) is 0 Å². The zero-order valence-electron chi connectivity index (χ0n) is 16.7. The summed E-state index contributed by atoms with van der Waals surface area (Å²) in [4.78, 5) is 23.8. The van der Waals surface area contributed by atoms with E-state index in [-0.39, 0.29) is 21.4 Å². The summed E-state index contributed by atoms with van der Waals surface area (Å²) in [6.45, 7) is 0.296. The maximum absolute atomic E-state index is 12.9. The number of benzene rings is 2. The highest BCUT2D eigenvalue weighted by Gasteiger charge is 2.17. The average molecular weight is 473 g/mol. The van der Waals surface area contributed by atoms with Crippen molar-refractivity contribution in [2.45, 2.75) is 11.4 Å². The molecule has 0 amide bonds. The van der Waals surface area contributed by atoms with Gasteiger partial charge >= 0.3 is 5.97 Å². The molecule has 0 aliphatic carbocycles. The molecule has 0 bridgehead atoms. The van der Waals surface area contributed by atoms with Crippen LogP contribution in [0.5, 0.6) is 0 Å². The highest BCUT2D eigenvalue weighted by atomic mass is 35.5. The molecule has 0 fully saturated rings. The van der Waals surface area contributed by atoms with Gasteiger partial charge in [-0.3, -0.25) is 4.72 Å². The summed E-state index contributed by atoms with van der Waals surface area (Å²) in [5.41, 5.74) is 1.87. The van der Waals surface area contributed by atoms with Crippen molar-refractivity contribution in [1.82, 2.24) is 19.5 Å². The second-order valence-corrected chi connectivity index (χ2v) is 8.80. The Morgan fingerprint density at radius 2 is 1.94 bits per heavy atom. The number of nitrogens with zero attached hydrogens (tertiary/aromatic N) is 4. The molecule has 10 nitrogen and oxygen atoms in total. The molecule has 0 atom stereocenters. The van der Waals surface area contributed by atoms with E-state index in [0.29, 0.717) is 29.1 Å². The number of halogens is 1. The minimum Gasteiger partial charge on any atom is -0.478 e. The Morgan fingerprint density at radius 1 is 1.16 bits per heavy atom. The first-order valence-electron chi connectivity index (χ1n) is 9.28. The van der Waals surface area contributed by atoms with Crippen molar-refractivity contribution in [3.05, 3.63) is 71.3 Å². The van der Waals surface area contributed by atoms with E-state index in [0.717, 1.165) is 0 Å². The zero-order valence-corrected chi connectivity index (χ0v) is 18.2. The highest BCUT2D eigenvalue weighted by Crippen LogP contribution is 2.23. The van der Waals surface area contributed by atoms with Crippen molar-refractivity contribution in [3.8, 4) is 0 Å². The SMILES string of the molecule is CNc1nc(Cl)nc2c1ncn2Cc1cccc(S(=O)(=O)Nc2cccc(C(=O)O)c2)c1. The Balaban J connectivity index is 1.63. The molecule has 2 aromatic carbocycles. The molecular weight excluding hydrogens is 456 g/mol. The third-order valence-electron chi connectivity index (χ3n) is 4.60. The average Bonchev–Trinajstić information content (AvgIpc) is 3.15. The number of carbonyl (C=O) groups is 1. The minimum atomic E-state index is -3.94. The molecule has 4 rings (SSSR count). The first-order chi connectivity index (χ1) is 15.3. The van der Waals surface area contributed by atoms with Gasteiger partial charge in [-0.25, -0.2) is 18.2 Å². The van der Waals surface area contributed by atoms with E-state index < -0.39 is 16.0 Å². The molecule has 2 heterocycles. The van der Waals surface area contributed by atoms with Gasteiger partial charge < -0.3 is 15.0 Å². The third kappa shape index (κ3) is 4.34. The van der Waals surface area contributed by atoms with Gasteiger partial charge in [0.25, 0.3) is 10.0 Å². The van der Waals surface area contributed by atoms with Crippen LogP contribution < -0.4 is 10.0 Å². The molecule has 164 valence electrons. The number of aromatic carboxylic acids is 1.